The van der Waals surface area contributed by atoms with Crippen LogP contribution in [0.1, 0.15) is 25.8 Å². The van der Waals surface area contributed by atoms with Gasteiger partial charge in [0.15, 0.2) is 0 Å². The van der Waals surface area contributed by atoms with Crippen LogP contribution in [-0.4, -0.2) is 49.6 Å². The molecule has 1 amide bonds. The van der Waals surface area contributed by atoms with E-state index in [1.54, 1.807) is 0 Å². The molecule has 3 N–H and O–H groups in total. The zero-order valence-electron chi connectivity index (χ0n) is 14.9. The molecule has 0 radical (unpaired) electrons. The Labute approximate surface area is 151 Å². The van der Waals surface area contributed by atoms with Gasteiger partial charge >= 0.3 is 0 Å². The monoisotopic (exact) mass is 355 g/mol. The number of ether oxygens (including phenoxy) is 1. The van der Waals surface area contributed by atoms with Gasteiger partial charge in [-0.05, 0) is 36.5 Å². The van der Waals surface area contributed by atoms with E-state index in [1.165, 1.54) is 0 Å². The third-order valence-electron chi connectivity index (χ3n) is 4.44. The largest absolute Gasteiger partial charge is 0.492 e. The lowest BCUT2D eigenvalue weighted by Crippen LogP contribution is -2.54. The first-order chi connectivity index (χ1) is 10.9. The lowest BCUT2D eigenvalue weighted by molar-refractivity contribution is -0.123. The summed E-state index contributed by atoms with van der Waals surface area (Å²) in [5, 5.41) is 2.92. The Kier molecular flexibility index (Phi) is 8.00. The molecule has 0 aliphatic carbocycles. The fourth-order valence-corrected chi connectivity index (χ4v) is 2.94. The van der Waals surface area contributed by atoms with Crippen LogP contribution >= 0.6 is 12.4 Å². The highest BCUT2D eigenvalue weighted by Gasteiger charge is 2.33. The molecule has 1 fully saturated rings. The summed E-state index contributed by atoms with van der Waals surface area (Å²) >= 11 is 0. The minimum atomic E-state index is 0. The van der Waals surface area contributed by atoms with Gasteiger partial charge in [-0.25, -0.2) is 0 Å². The number of carbonyl (C=O) groups excluding carboxylic acids is 1. The van der Waals surface area contributed by atoms with Gasteiger partial charge in [0.2, 0.25) is 5.91 Å². The van der Waals surface area contributed by atoms with E-state index in [9.17, 15) is 4.79 Å². The second-order valence-electron chi connectivity index (χ2n) is 7.11. The van der Waals surface area contributed by atoms with Crippen LogP contribution in [0.25, 0.3) is 0 Å². The number of likely N-dealkylation sites (tertiary alicyclic amines) is 1. The predicted molar refractivity (Wildman–Crippen MR) is 99.7 cm³/mol. The Balaban J connectivity index is 0.00000288. The van der Waals surface area contributed by atoms with Crippen LogP contribution < -0.4 is 15.8 Å². The lowest BCUT2D eigenvalue weighted by Gasteiger charge is -2.42. The number of hydrogen-bond acceptors (Lipinski definition) is 4. The average Bonchev–Trinajstić information content (AvgIpc) is 2.47. The van der Waals surface area contributed by atoms with Crippen LogP contribution in [0.15, 0.2) is 24.3 Å². The quantitative estimate of drug-likeness (QED) is 0.765. The first-order valence-electron chi connectivity index (χ1n) is 8.31. The Morgan fingerprint density at radius 2 is 2.21 bits per heavy atom. The second-order valence-corrected chi connectivity index (χ2v) is 7.11. The third kappa shape index (κ3) is 6.30. The number of hydrogen-bond donors (Lipinski definition) is 2. The van der Waals surface area contributed by atoms with Crippen molar-refractivity contribution in [1.29, 1.82) is 0 Å². The number of halogens is 1. The van der Waals surface area contributed by atoms with E-state index in [0.717, 1.165) is 30.8 Å². The van der Waals surface area contributed by atoms with Gasteiger partial charge in [0.25, 0.3) is 0 Å². The Morgan fingerprint density at radius 1 is 1.46 bits per heavy atom. The van der Waals surface area contributed by atoms with E-state index in [2.05, 4.69) is 24.1 Å². The Bertz CT molecular complexity index is 537. The molecule has 1 heterocycles. The van der Waals surface area contributed by atoms with E-state index < -0.39 is 0 Å². The molecule has 2 rings (SSSR count). The molecule has 5 nitrogen and oxygen atoms in total. The number of aryl methyl sites for hydroxylation is 1. The molecule has 24 heavy (non-hydrogen) atoms. The molecule has 1 saturated heterocycles. The molecular formula is C18H30ClN3O2. The standard InChI is InChI=1S/C18H29N3O2.ClH/c1-14-5-4-6-15(11-14)23-10-8-20-17(22)12-21-9-7-16(19)18(2,3)13-21;/h4-6,11,16H,7-10,12-13,19H2,1-3H3,(H,20,22);1H. The number of benzene rings is 1. The maximum Gasteiger partial charge on any atom is 0.234 e. The van der Waals surface area contributed by atoms with E-state index in [-0.39, 0.29) is 29.8 Å². The average molecular weight is 356 g/mol. The van der Waals surface area contributed by atoms with Gasteiger partial charge in [-0.3, -0.25) is 9.69 Å². The van der Waals surface area contributed by atoms with Gasteiger partial charge < -0.3 is 15.8 Å². The number of carbonyl (C=O) groups is 1. The highest BCUT2D eigenvalue weighted by Crippen LogP contribution is 2.27. The van der Waals surface area contributed by atoms with Gasteiger partial charge in [0, 0.05) is 19.1 Å². The summed E-state index contributed by atoms with van der Waals surface area (Å²) in [4.78, 5) is 14.2. The van der Waals surface area contributed by atoms with Crippen LogP contribution in [-0.2, 0) is 4.79 Å². The van der Waals surface area contributed by atoms with Crippen molar-refractivity contribution in [3.05, 3.63) is 29.8 Å². The number of amides is 1. The zero-order chi connectivity index (χ0) is 16.9. The topological polar surface area (TPSA) is 67.6 Å². The van der Waals surface area contributed by atoms with E-state index in [0.29, 0.717) is 19.7 Å². The maximum absolute atomic E-state index is 12.0. The van der Waals surface area contributed by atoms with Crippen molar-refractivity contribution in [3.63, 3.8) is 0 Å². The first-order valence-corrected chi connectivity index (χ1v) is 8.31. The second kappa shape index (κ2) is 9.25. The van der Waals surface area contributed by atoms with Crippen molar-refractivity contribution in [2.24, 2.45) is 11.1 Å². The van der Waals surface area contributed by atoms with E-state index in [1.807, 2.05) is 31.2 Å². The molecule has 1 aromatic rings. The molecule has 1 aliphatic rings. The lowest BCUT2D eigenvalue weighted by atomic mass is 9.80. The zero-order valence-corrected chi connectivity index (χ0v) is 15.7. The molecule has 0 aromatic heterocycles. The molecule has 0 bridgehead atoms. The third-order valence-corrected chi connectivity index (χ3v) is 4.44. The molecule has 1 aliphatic heterocycles. The predicted octanol–water partition coefficient (Wildman–Crippen LogP) is 1.97. The highest BCUT2D eigenvalue weighted by molar-refractivity contribution is 5.85. The molecular weight excluding hydrogens is 326 g/mol. The van der Waals surface area contributed by atoms with Gasteiger partial charge in [-0.1, -0.05) is 26.0 Å². The summed E-state index contributed by atoms with van der Waals surface area (Å²) in [6.45, 7) is 9.53. The van der Waals surface area contributed by atoms with Crippen molar-refractivity contribution in [2.45, 2.75) is 33.2 Å². The van der Waals surface area contributed by atoms with Crippen molar-refractivity contribution < 1.29 is 9.53 Å². The molecule has 136 valence electrons. The van der Waals surface area contributed by atoms with Gasteiger partial charge in [0.05, 0.1) is 13.1 Å². The summed E-state index contributed by atoms with van der Waals surface area (Å²) in [5.74, 6) is 0.884. The number of piperidine rings is 1. The van der Waals surface area contributed by atoms with Crippen molar-refractivity contribution >= 4 is 18.3 Å². The van der Waals surface area contributed by atoms with Gasteiger partial charge in [-0.2, -0.15) is 0 Å². The normalized spacial score (nSPS) is 20.1. The summed E-state index contributed by atoms with van der Waals surface area (Å²) in [6.07, 6.45) is 0.941. The number of nitrogens with zero attached hydrogens (tertiary/aromatic N) is 1. The Morgan fingerprint density at radius 3 is 2.88 bits per heavy atom. The minimum Gasteiger partial charge on any atom is -0.492 e. The Hall–Kier alpha value is -1.30. The summed E-state index contributed by atoms with van der Waals surface area (Å²) in [7, 11) is 0. The van der Waals surface area contributed by atoms with Crippen LogP contribution in [0.4, 0.5) is 0 Å². The van der Waals surface area contributed by atoms with E-state index in [4.69, 9.17) is 10.5 Å². The summed E-state index contributed by atoms with van der Waals surface area (Å²) in [5.41, 5.74) is 7.35. The van der Waals surface area contributed by atoms with Gasteiger partial charge in [0.1, 0.15) is 12.4 Å². The molecule has 1 aromatic carbocycles. The fourth-order valence-electron chi connectivity index (χ4n) is 2.94. The van der Waals surface area contributed by atoms with Crippen molar-refractivity contribution in [1.82, 2.24) is 10.2 Å². The van der Waals surface area contributed by atoms with Gasteiger partial charge in [-0.15, -0.1) is 12.4 Å². The molecule has 6 heteroatoms. The summed E-state index contributed by atoms with van der Waals surface area (Å²) in [6, 6.07) is 8.12. The van der Waals surface area contributed by atoms with Crippen LogP contribution in [0, 0.1) is 12.3 Å². The van der Waals surface area contributed by atoms with Crippen LogP contribution in [0.5, 0.6) is 5.75 Å². The number of nitrogens with one attached hydrogen (secondary N) is 1. The van der Waals surface area contributed by atoms with Crippen LogP contribution in [0.2, 0.25) is 0 Å². The number of nitrogens with two attached hydrogens (primary N) is 1. The van der Waals surface area contributed by atoms with Crippen molar-refractivity contribution in [3.8, 4) is 5.75 Å². The maximum atomic E-state index is 12.0. The van der Waals surface area contributed by atoms with Crippen LogP contribution in [0.3, 0.4) is 0 Å². The highest BCUT2D eigenvalue weighted by atomic mass is 35.5. The summed E-state index contributed by atoms with van der Waals surface area (Å²) < 4.78 is 5.63. The smallest absolute Gasteiger partial charge is 0.234 e. The van der Waals surface area contributed by atoms with E-state index >= 15 is 0 Å². The SMILES string of the molecule is Cc1cccc(OCCNC(=O)CN2CCC(N)C(C)(C)C2)c1.Cl. The molecule has 1 atom stereocenters. The first kappa shape index (κ1) is 20.7. The number of rotatable bonds is 6. The fraction of sp³-hybridized carbons (Fsp3) is 0.611. The minimum absolute atomic E-state index is 0. The van der Waals surface area contributed by atoms with Crippen molar-refractivity contribution in [2.75, 3.05) is 32.8 Å². The molecule has 0 saturated carbocycles. The molecule has 0 spiro atoms. The molecule has 1 unspecified atom stereocenters.